The van der Waals surface area contributed by atoms with Crippen molar-refractivity contribution in [2.75, 3.05) is 0 Å². The Hall–Kier alpha value is -1.62. The highest BCUT2D eigenvalue weighted by molar-refractivity contribution is 5.26. The van der Waals surface area contributed by atoms with Crippen LogP contribution in [0.5, 0.6) is 0 Å². The largest absolute Gasteiger partial charge is 0.196 e. The molecule has 2 aliphatic rings. The number of hydrogen-bond acceptors (Lipinski definition) is 1. The van der Waals surface area contributed by atoms with Gasteiger partial charge in [-0.1, -0.05) is 82.6 Å². The van der Waals surface area contributed by atoms with E-state index in [-0.39, 0.29) is 0 Å². The minimum atomic E-state index is -0.618. The molecule has 0 unspecified atom stereocenters. The van der Waals surface area contributed by atoms with E-state index in [1.165, 1.54) is 102 Å². The van der Waals surface area contributed by atoms with Gasteiger partial charge in [-0.25, -0.2) is 0 Å². The van der Waals surface area contributed by atoms with Crippen molar-refractivity contribution in [2.24, 2.45) is 17.8 Å². The molecule has 0 aliphatic heterocycles. The zero-order chi connectivity index (χ0) is 22.6. The molecule has 176 valence electrons. The number of hydrogen-bond donors (Lipinski definition) is 0. The molecule has 2 saturated carbocycles. The maximum Gasteiger partial charge on any atom is 0.196 e. The van der Waals surface area contributed by atoms with Crippen molar-refractivity contribution >= 4 is 0 Å². The molecule has 2 fully saturated rings. The number of nitrogens with zero attached hydrogens (tertiary/aromatic N) is 1. The Kier molecular flexibility index (Phi) is 10.8. The van der Waals surface area contributed by atoms with Gasteiger partial charge in [0.2, 0.25) is 0 Å². The first-order chi connectivity index (χ1) is 15.7. The highest BCUT2D eigenvalue weighted by Crippen LogP contribution is 2.40. The van der Waals surface area contributed by atoms with Gasteiger partial charge in [0.15, 0.2) is 5.83 Å². The second-order valence-corrected chi connectivity index (χ2v) is 10.6. The highest BCUT2D eigenvalue weighted by atomic mass is 19.1. The summed E-state index contributed by atoms with van der Waals surface area (Å²) in [7, 11) is 0. The van der Waals surface area contributed by atoms with Crippen molar-refractivity contribution in [1.29, 1.82) is 5.26 Å². The predicted molar refractivity (Wildman–Crippen MR) is 133 cm³/mol. The summed E-state index contributed by atoms with van der Waals surface area (Å²) in [4.78, 5) is 0. The molecule has 1 aromatic carbocycles. The van der Waals surface area contributed by atoms with Crippen molar-refractivity contribution in [2.45, 2.75) is 116 Å². The first kappa shape index (κ1) is 25.0. The fourth-order valence-electron chi connectivity index (χ4n) is 6.09. The first-order valence-electron chi connectivity index (χ1n) is 13.5. The van der Waals surface area contributed by atoms with Crippen molar-refractivity contribution < 1.29 is 4.39 Å². The number of nitriles is 1. The van der Waals surface area contributed by atoms with Gasteiger partial charge in [0, 0.05) is 0 Å². The first-order valence-corrected chi connectivity index (χ1v) is 13.5. The lowest BCUT2D eigenvalue weighted by atomic mass is 9.74. The molecule has 0 saturated heterocycles. The Morgan fingerprint density at radius 3 is 2.00 bits per heavy atom. The van der Waals surface area contributed by atoms with Crippen molar-refractivity contribution in [3.8, 4) is 6.07 Å². The van der Waals surface area contributed by atoms with Gasteiger partial charge in [-0.15, -0.1) is 0 Å². The van der Waals surface area contributed by atoms with Gasteiger partial charge in [0.05, 0.1) is 0 Å². The average Bonchev–Trinajstić information content (AvgIpc) is 2.84. The number of unbranched alkanes of at least 4 members (excludes halogenated alkanes) is 2. The summed E-state index contributed by atoms with van der Waals surface area (Å²) < 4.78 is 12.9. The number of halogens is 1. The second-order valence-electron chi connectivity index (χ2n) is 10.6. The Morgan fingerprint density at radius 1 is 0.875 bits per heavy atom. The Bertz CT molecular complexity index is 712. The third kappa shape index (κ3) is 8.38. The monoisotopic (exact) mass is 437 g/mol. The Labute approximate surface area is 196 Å². The summed E-state index contributed by atoms with van der Waals surface area (Å²) in [5.41, 5.74) is 3.09. The minimum absolute atomic E-state index is 0.618. The van der Waals surface area contributed by atoms with Gasteiger partial charge in [0.1, 0.15) is 6.07 Å². The summed E-state index contributed by atoms with van der Waals surface area (Å²) in [5.74, 6) is 2.76. The lowest BCUT2D eigenvalue weighted by molar-refractivity contribution is 0.225. The van der Waals surface area contributed by atoms with Gasteiger partial charge in [-0.05, 0) is 92.2 Å². The average molecular weight is 438 g/mol. The van der Waals surface area contributed by atoms with E-state index in [1.807, 2.05) is 0 Å². The molecule has 0 spiro atoms. The SMILES string of the molecule is CCCCCc1ccc([C@H]2CC[C@H](CC[C@H]3CC[C@H](CCC=C(F)C#N)CC3)CC2)cc1. The molecular weight excluding hydrogens is 393 g/mol. The normalized spacial score (nSPS) is 26.6. The van der Waals surface area contributed by atoms with Gasteiger partial charge in [-0.3, -0.25) is 0 Å². The quantitative estimate of drug-likeness (QED) is 0.250. The van der Waals surface area contributed by atoms with E-state index in [2.05, 4.69) is 31.2 Å². The standard InChI is InChI=1S/C30H44FN/c1-2-3-4-6-24-15-19-28(20-16-24)29-21-17-27(18-22-29)14-13-26-11-9-25(10-12-26)7-5-8-30(31)23-32/h8,15-16,19-20,25-27,29H,2-7,9-14,17-18,21-22H2,1H3/t25-,26-,27-,29-. The summed E-state index contributed by atoms with van der Waals surface area (Å²) in [6.45, 7) is 2.27. The van der Waals surface area contributed by atoms with E-state index >= 15 is 0 Å². The van der Waals surface area contributed by atoms with Crippen molar-refractivity contribution in [3.05, 3.63) is 47.3 Å². The van der Waals surface area contributed by atoms with E-state index in [1.54, 1.807) is 11.6 Å². The van der Waals surface area contributed by atoms with Gasteiger partial charge < -0.3 is 0 Å². The molecule has 2 aliphatic carbocycles. The Morgan fingerprint density at radius 2 is 1.44 bits per heavy atom. The smallest absolute Gasteiger partial charge is 0.195 e. The lowest BCUT2D eigenvalue weighted by Gasteiger charge is -2.32. The highest BCUT2D eigenvalue weighted by Gasteiger charge is 2.25. The molecule has 0 heterocycles. The molecule has 0 bridgehead atoms. The van der Waals surface area contributed by atoms with Gasteiger partial charge in [0.25, 0.3) is 0 Å². The molecule has 0 aromatic heterocycles. The van der Waals surface area contributed by atoms with Crippen LogP contribution in [-0.4, -0.2) is 0 Å². The van der Waals surface area contributed by atoms with Crippen LogP contribution in [0.25, 0.3) is 0 Å². The third-order valence-electron chi connectivity index (χ3n) is 8.32. The van der Waals surface area contributed by atoms with E-state index in [0.717, 1.165) is 36.5 Å². The topological polar surface area (TPSA) is 23.8 Å². The maximum absolute atomic E-state index is 12.9. The van der Waals surface area contributed by atoms with Crippen LogP contribution in [0.3, 0.4) is 0 Å². The minimum Gasteiger partial charge on any atom is -0.195 e. The zero-order valence-corrected chi connectivity index (χ0v) is 20.3. The molecule has 0 N–H and O–H groups in total. The molecule has 32 heavy (non-hydrogen) atoms. The van der Waals surface area contributed by atoms with Crippen molar-refractivity contribution in [3.63, 3.8) is 0 Å². The number of allylic oxidation sites excluding steroid dienone is 2. The third-order valence-corrected chi connectivity index (χ3v) is 8.32. The van der Waals surface area contributed by atoms with E-state index in [0.29, 0.717) is 0 Å². The molecule has 0 atom stereocenters. The molecular formula is C30H44FN. The number of benzene rings is 1. The Balaban J connectivity index is 1.29. The van der Waals surface area contributed by atoms with Gasteiger partial charge >= 0.3 is 0 Å². The van der Waals surface area contributed by atoms with Crippen LogP contribution in [0.15, 0.2) is 36.2 Å². The molecule has 2 heteroatoms. The van der Waals surface area contributed by atoms with Crippen molar-refractivity contribution in [1.82, 2.24) is 0 Å². The molecule has 1 aromatic rings. The second kappa shape index (κ2) is 13.8. The number of aryl methyl sites for hydroxylation is 1. The molecule has 3 rings (SSSR count). The van der Waals surface area contributed by atoms with Crippen LogP contribution in [0.4, 0.5) is 4.39 Å². The molecule has 0 amide bonds. The van der Waals surface area contributed by atoms with Crippen LogP contribution < -0.4 is 0 Å². The van der Waals surface area contributed by atoms with E-state index in [4.69, 9.17) is 5.26 Å². The van der Waals surface area contributed by atoms with E-state index in [9.17, 15) is 4.39 Å². The molecule has 0 radical (unpaired) electrons. The van der Waals surface area contributed by atoms with Gasteiger partial charge in [-0.2, -0.15) is 9.65 Å². The number of rotatable bonds is 11. The van der Waals surface area contributed by atoms with Crippen LogP contribution >= 0.6 is 0 Å². The summed E-state index contributed by atoms with van der Waals surface area (Å²) >= 11 is 0. The van der Waals surface area contributed by atoms with Crippen LogP contribution in [0, 0.1) is 29.1 Å². The molecule has 1 nitrogen and oxygen atoms in total. The zero-order valence-electron chi connectivity index (χ0n) is 20.3. The van der Waals surface area contributed by atoms with E-state index < -0.39 is 5.83 Å². The lowest BCUT2D eigenvalue weighted by Crippen LogP contribution is -2.17. The fourth-order valence-corrected chi connectivity index (χ4v) is 6.09. The fraction of sp³-hybridized carbons (Fsp3) is 0.700. The predicted octanol–water partition coefficient (Wildman–Crippen LogP) is 9.44. The summed E-state index contributed by atoms with van der Waals surface area (Å²) in [5, 5.41) is 8.50. The van der Waals surface area contributed by atoms with Crippen LogP contribution in [-0.2, 0) is 6.42 Å². The maximum atomic E-state index is 12.9. The summed E-state index contributed by atoms with van der Waals surface area (Å²) in [6.07, 6.45) is 22.2. The van der Waals surface area contributed by atoms with Crippen LogP contribution in [0.2, 0.25) is 0 Å². The summed E-state index contributed by atoms with van der Waals surface area (Å²) in [6, 6.07) is 11.2. The van der Waals surface area contributed by atoms with Crippen LogP contribution in [0.1, 0.15) is 120 Å².